The first-order valence-corrected chi connectivity index (χ1v) is 9.19. The number of carbonyl (C=O) groups excluding carboxylic acids is 2. The Labute approximate surface area is 170 Å². The minimum Gasteiger partial charge on any atom is -0.312 e. The summed E-state index contributed by atoms with van der Waals surface area (Å²) in [6.45, 7) is 1.76. The maximum Gasteiger partial charge on any atom is 0.442 e. The number of hydrogen-bond acceptors (Lipinski definition) is 3. The molecule has 1 atom stereocenters. The van der Waals surface area contributed by atoms with E-state index < -0.39 is 23.7 Å². The monoisotopic (exact) mass is 423 g/mol. The first-order valence-electron chi connectivity index (χ1n) is 8.81. The molecule has 0 saturated carbocycles. The summed E-state index contributed by atoms with van der Waals surface area (Å²) in [7, 11) is 0. The molecule has 1 N–H and O–H groups in total. The molecule has 1 heterocycles. The lowest BCUT2D eigenvalue weighted by Gasteiger charge is -2.29. The zero-order valence-electron chi connectivity index (χ0n) is 15.3. The van der Waals surface area contributed by atoms with E-state index in [1.807, 2.05) is 5.32 Å². The third-order valence-corrected chi connectivity index (χ3v) is 4.63. The van der Waals surface area contributed by atoms with Crippen molar-refractivity contribution in [3.05, 3.63) is 70.7 Å². The maximum atomic E-state index is 14.1. The van der Waals surface area contributed by atoms with Gasteiger partial charge in [0, 0.05) is 22.7 Å². The molecule has 2 aromatic rings. The second-order valence-electron chi connectivity index (χ2n) is 6.43. The van der Waals surface area contributed by atoms with Crippen molar-refractivity contribution in [2.45, 2.75) is 25.2 Å². The zero-order chi connectivity index (χ0) is 21.2. The molecule has 2 amide bonds. The Bertz CT molecular complexity index is 946. The predicted octanol–water partition coefficient (Wildman–Crippen LogP) is 4.03. The van der Waals surface area contributed by atoms with E-state index in [-0.39, 0.29) is 17.9 Å². The molecule has 0 bridgehead atoms. The van der Waals surface area contributed by atoms with Crippen LogP contribution in [0, 0.1) is 0 Å². The van der Waals surface area contributed by atoms with Gasteiger partial charge < -0.3 is 5.32 Å². The van der Waals surface area contributed by atoms with Gasteiger partial charge in [0.15, 0.2) is 0 Å². The lowest BCUT2D eigenvalue weighted by molar-refractivity contribution is -0.196. The average molecular weight is 424 g/mol. The van der Waals surface area contributed by atoms with Crippen molar-refractivity contribution in [1.82, 2.24) is 10.2 Å². The smallest absolute Gasteiger partial charge is 0.312 e. The SMILES string of the molecule is CCCN1C(=O)C(NC(=O)c2ccc(Cl)cc2)(C(F)(F)F)N=C1c1ccccc1. The van der Waals surface area contributed by atoms with Gasteiger partial charge in [-0.15, -0.1) is 0 Å². The second-order valence-corrected chi connectivity index (χ2v) is 6.86. The summed E-state index contributed by atoms with van der Waals surface area (Å²) < 4.78 is 42.4. The van der Waals surface area contributed by atoms with Gasteiger partial charge in [0.2, 0.25) is 0 Å². The summed E-state index contributed by atoms with van der Waals surface area (Å²) in [6.07, 6.45) is -4.73. The van der Waals surface area contributed by atoms with Crippen molar-refractivity contribution in [1.29, 1.82) is 0 Å². The van der Waals surface area contributed by atoms with Crippen molar-refractivity contribution in [3.8, 4) is 0 Å². The predicted molar refractivity (Wildman–Crippen MR) is 103 cm³/mol. The lowest BCUT2D eigenvalue weighted by atomic mass is 10.1. The summed E-state index contributed by atoms with van der Waals surface area (Å²) in [5.74, 6) is -2.55. The van der Waals surface area contributed by atoms with Gasteiger partial charge >= 0.3 is 11.8 Å². The van der Waals surface area contributed by atoms with Crippen LogP contribution in [0.3, 0.4) is 0 Å². The van der Waals surface area contributed by atoms with Crippen LogP contribution in [-0.2, 0) is 4.79 Å². The molecule has 152 valence electrons. The van der Waals surface area contributed by atoms with Gasteiger partial charge in [-0.05, 0) is 30.7 Å². The molecule has 1 aliphatic rings. The van der Waals surface area contributed by atoms with Crippen LogP contribution in [0.15, 0.2) is 59.6 Å². The van der Waals surface area contributed by atoms with E-state index in [0.29, 0.717) is 17.0 Å². The molecule has 29 heavy (non-hydrogen) atoms. The summed E-state index contributed by atoms with van der Waals surface area (Å²) in [5.41, 5.74) is -3.12. The average Bonchev–Trinajstić information content (AvgIpc) is 2.96. The van der Waals surface area contributed by atoms with Gasteiger partial charge in [-0.2, -0.15) is 13.2 Å². The van der Waals surface area contributed by atoms with E-state index in [4.69, 9.17) is 11.6 Å². The first-order chi connectivity index (χ1) is 13.7. The van der Waals surface area contributed by atoms with E-state index in [2.05, 4.69) is 4.99 Å². The fraction of sp³-hybridized carbons (Fsp3) is 0.250. The number of hydrogen-bond donors (Lipinski definition) is 1. The number of nitrogens with zero attached hydrogens (tertiary/aromatic N) is 2. The number of nitrogens with one attached hydrogen (secondary N) is 1. The minimum atomic E-state index is -5.14. The molecule has 0 fully saturated rings. The van der Waals surface area contributed by atoms with Gasteiger partial charge in [-0.25, -0.2) is 4.99 Å². The topological polar surface area (TPSA) is 61.8 Å². The van der Waals surface area contributed by atoms with Crippen molar-refractivity contribution in [2.75, 3.05) is 6.54 Å². The molecule has 9 heteroatoms. The van der Waals surface area contributed by atoms with Crippen LogP contribution in [0.25, 0.3) is 0 Å². The van der Waals surface area contributed by atoms with Crippen LogP contribution in [0.5, 0.6) is 0 Å². The van der Waals surface area contributed by atoms with Crippen LogP contribution in [0.1, 0.15) is 29.3 Å². The molecule has 1 aliphatic heterocycles. The molecule has 0 aliphatic carbocycles. The Kier molecular flexibility index (Phi) is 5.66. The fourth-order valence-electron chi connectivity index (χ4n) is 2.97. The molecule has 0 saturated heterocycles. The Morgan fingerprint density at radius 2 is 1.76 bits per heavy atom. The van der Waals surface area contributed by atoms with Gasteiger partial charge in [-0.1, -0.05) is 48.9 Å². The van der Waals surface area contributed by atoms with Crippen molar-refractivity contribution in [2.24, 2.45) is 4.99 Å². The molecule has 0 radical (unpaired) electrons. The number of benzene rings is 2. The Hall–Kier alpha value is -2.87. The number of alkyl halides is 3. The molecular weight excluding hydrogens is 407 g/mol. The molecule has 5 nitrogen and oxygen atoms in total. The summed E-state index contributed by atoms with van der Waals surface area (Å²) in [6, 6.07) is 13.4. The molecule has 2 aromatic carbocycles. The van der Waals surface area contributed by atoms with E-state index in [9.17, 15) is 22.8 Å². The van der Waals surface area contributed by atoms with E-state index in [0.717, 1.165) is 4.90 Å². The maximum absolute atomic E-state index is 14.1. The highest BCUT2D eigenvalue weighted by Gasteiger charge is 2.67. The largest absolute Gasteiger partial charge is 0.442 e. The van der Waals surface area contributed by atoms with Crippen LogP contribution in [-0.4, -0.2) is 40.9 Å². The van der Waals surface area contributed by atoms with Crippen molar-refractivity contribution < 1.29 is 22.8 Å². The highest BCUT2D eigenvalue weighted by Crippen LogP contribution is 2.38. The van der Waals surface area contributed by atoms with Crippen LogP contribution in [0.4, 0.5) is 13.2 Å². The zero-order valence-corrected chi connectivity index (χ0v) is 16.1. The van der Waals surface area contributed by atoms with Crippen LogP contribution < -0.4 is 5.32 Å². The highest BCUT2D eigenvalue weighted by molar-refractivity contribution is 6.30. The molecule has 0 spiro atoms. The first kappa shape index (κ1) is 20.9. The van der Waals surface area contributed by atoms with Crippen LogP contribution in [0.2, 0.25) is 5.02 Å². The normalized spacial score (nSPS) is 19.3. The van der Waals surface area contributed by atoms with Crippen LogP contribution >= 0.6 is 11.6 Å². The number of carbonyl (C=O) groups is 2. The third-order valence-electron chi connectivity index (χ3n) is 4.37. The number of amidine groups is 1. The summed E-state index contributed by atoms with van der Waals surface area (Å²) in [5, 5.41) is 2.14. The van der Waals surface area contributed by atoms with Gasteiger partial charge in [0.05, 0.1) is 0 Å². The summed E-state index contributed by atoms with van der Waals surface area (Å²) in [4.78, 5) is 30.1. The van der Waals surface area contributed by atoms with Gasteiger partial charge in [0.25, 0.3) is 11.8 Å². The number of halogens is 4. The summed E-state index contributed by atoms with van der Waals surface area (Å²) >= 11 is 5.76. The molecular formula is C20H17ClF3N3O2. The van der Waals surface area contributed by atoms with Crippen molar-refractivity contribution in [3.63, 3.8) is 0 Å². The fourth-order valence-corrected chi connectivity index (χ4v) is 3.10. The second kappa shape index (κ2) is 7.87. The van der Waals surface area contributed by atoms with Gasteiger partial charge in [-0.3, -0.25) is 14.5 Å². The third kappa shape index (κ3) is 3.85. The highest BCUT2D eigenvalue weighted by atomic mass is 35.5. The Balaban J connectivity index is 2.08. The number of amides is 2. The quantitative estimate of drug-likeness (QED) is 0.789. The van der Waals surface area contributed by atoms with E-state index >= 15 is 0 Å². The Morgan fingerprint density at radius 3 is 2.31 bits per heavy atom. The van der Waals surface area contributed by atoms with Gasteiger partial charge in [0.1, 0.15) is 5.84 Å². The minimum absolute atomic E-state index is 0.0290. The van der Waals surface area contributed by atoms with E-state index in [1.54, 1.807) is 37.3 Å². The van der Waals surface area contributed by atoms with E-state index in [1.165, 1.54) is 24.3 Å². The van der Waals surface area contributed by atoms with Crippen molar-refractivity contribution >= 4 is 29.3 Å². The standard InChI is InChI=1S/C20H17ClF3N3O2/c1-2-12-27-16(13-6-4-3-5-7-13)25-19(18(27)29,20(22,23)24)26-17(28)14-8-10-15(21)11-9-14/h3-11H,2,12H2,1H3,(H,26,28). The number of aliphatic imine (C=N–C) groups is 1. The molecule has 1 unspecified atom stereocenters. The molecule has 0 aromatic heterocycles. The number of rotatable bonds is 5. The Morgan fingerprint density at radius 1 is 1.14 bits per heavy atom. The lowest BCUT2D eigenvalue weighted by Crippen LogP contribution is -2.63. The molecule has 3 rings (SSSR count).